The fraction of sp³-hybridized carbons (Fsp3) is 0.500. The molecular formula is C16H16ClFN2O5. The number of cyclic esters (lactones) is 1. The van der Waals surface area contributed by atoms with Crippen molar-refractivity contribution in [3.63, 3.8) is 0 Å². The Balaban J connectivity index is 1.20. The zero-order valence-corrected chi connectivity index (χ0v) is 13.9. The van der Waals surface area contributed by atoms with Crippen molar-refractivity contribution in [3.05, 3.63) is 29.0 Å². The van der Waals surface area contributed by atoms with Gasteiger partial charge in [-0.3, -0.25) is 0 Å². The van der Waals surface area contributed by atoms with Crippen LogP contribution in [-0.2, 0) is 9.47 Å². The molecule has 2 amide bonds. The lowest BCUT2D eigenvalue weighted by Crippen LogP contribution is -2.70. The molecule has 2 heterocycles. The summed E-state index contributed by atoms with van der Waals surface area (Å²) in [5.41, 5.74) is -0.458. The van der Waals surface area contributed by atoms with Crippen LogP contribution in [-0.4, -0.2) is 54.5 Å². The predicted molar refractivity (Wildman–Crippen MR) is 84.1 cm³/mol. The number of likely N-dealkylation sites (tertiary alicyclic amines) is 1. The first kappa shape index (κ1) is 16.3. The highest BCUT2D eigenvalue weighted by Crippen LogP contribution is 2.33. The molecule has 2 saturated heterocycles. The van der Waals surface area contributed by atoms with E-state index in [-0.39, 0.29) is 23.8 Å². The predicted octanol–water partition coefficient (Wildman–Crippen LogP) is 2.32. The molecule has 1 aromatic carbocycles. The Hall–Kier alpha value is -2.22. The number of nitrogens with zero attached hydrogens (tertiary/aromatic N) is 1. The maximum absolute atomic E-state index is 13.0. The van der Waals surface area contributed by atoms with Gasteiger partial charge in [0, 0.05) is 12.8 Å². The minimum Gasteiger partial charge on any atom is -0.489 e. The Morgan fingerprint density at radius 1 is 1.36 bits per heavy atom. The van der Waals surface area contributed by atoms with Gasteiger partial charge in [-0.05, 0) is 18.2 Å². The van der Waals surface area contributed by atoms with Gasteiger partial charge in [-0.2, -0.15) is 0 Å². The van der Waals surface area contributed by atoms with Gasteiger partial charge < -0.3 is 24.4 Å². The number of carbonyl (C=O) groups excluding carboxylic acids is 2. The highest BCUT2D eigenvalue weighted by Gasteiger charge is 2.52. The third-order valence-corrected chi connectivity index (χ3v) is 4.89. The van der Waals surface area contributed by atoms with E-state index < -0.39 is 23.5 Å². The number of amides is 2. The van der Waals surface area contributed by atoms with E-state index in [0.717, 1.165) is 0 Å². The molecule has 0 unspecified atom stereocenters. The van der Waals surface area contributed by atoms with Crippen molar-refractivity contribution < 1.29 is 28.2 Å². The first-order valence-corrected chi connectivity index (χ1v) is 8.32. The summed E-state index contributed by atoms with van der Waals surface area (Å²) in [7, 11) is 0. The monoisotopic (exact) mass is 370 g/mol. The summed E-state index contributed by atoms with van der Waals surface area (Å²) in [6.45, 7) is 1.04. The molecule has 1 N–H and O–H groups in total. The second-order valence-corrected chi connectivity index (χ2v) is 7.04. The number of rotatable bonds is 3. The van der Waals surface area contributed by atoms with Gasteiger partial charge in [-0.15, -0.1) is 0 Å². The van der Waals surface area contributed by atoms with Gasteiger partial charge in [0.1, 0.15) is 35.9 Å². The molecule has 2 aliphatic heterocycles. The zero-order chi connectivity index (χ0) is 17.6. The average molecular weight is 371 g/mol. The second-order valence-electron chi connectivity index (χ2n) is 6.63. The molecule has 1 aliphatic carbocycles. The maximum atomic E-state index is 13.0. The number of ether oxygens (including phenoxy) is 3. The van der Waals surface area contributed by atoms with Crippen molar-refractivity contribution in [2.45, 2.75) is 30.6 Å². The number of halogens is 2. The zero-order valence-electron chi connectivity index (χ0n) is 13.2. The number of hydrogen-bond acceptors (Lipinski definition) is 5. The van der Waals surface area contributed by atoms with Crippen molar-refractivity contribution >= 4 is 23.8 Å². The van der Waals surface area contributed by atoms with Crippen LogP contribution in [0.4, 0.5) is 14.0 Å². The fourth-order valence-electron chi connectivity index (χ4n) is 3.15. The van der Waals surface area contributed by atoms with Gasteiger partial charge in [0.25, 0.3) is 0 Å². The Morgan fingerprint density at radius 2 is 2.12 bits per heavy atom. The summed E-state index contributed by atoms with van der Waals surface area (Å²) >= 11 is 5.92. The largest absolute Gasteiger partial charge is 0.489 e. The van der Waals surface area contributed by atoms with Crippen LogP contribution in [0, 0.1) is 5.82 Å². The average Bonchev–Trinajstić information content (AvgIpc) is 2.88. The molecule has 0 atom stereocenters. The van der Waals surface area contributed by atoms with E-state index in [4.69, 9.17) is 25.8 Å². The molecule has 3 aliphatic rings. The lowest BCUT2D eigenvalue weighted by molar-refractivity contribution is -0.0500. The molecule has 1 spiro atoms. The standard InChI is InChI=1S/C16H16ClFN2O5/c17-12-3-9(18)1-2-13(12)24-10-4-11(5-10)25-15(22)20-6-16(7-20)8-23-14(21)19-16/h1-3,10-11H,4-8H2,(H,19,21). The summed E-state index contributed by atoms with van der Waals surface area (Å²) in [6.07, 6.45) is -0.0912. The number of alkyl carbamates (subject to hydrolysis) is 1. The third-order valence-electron chi connectivity index (χ3n) is 4.60. The van der Waals surface area contributed by atoms with E-state index in [1.54, 1.807) is 0 Å². The quantitative estimate of drug-likeness (QED) is 0.883. The van der Waals surface area contributed by atoms with Gasteiger partial charge in [-0.1, -0.05) is 11.6 Å². The van der Waals surface area contributed by atoms with Crippen molar-refractivity contribution in [2.24, 2.45) is 0 Å². The van der Waals surface area contributed by atoms with Crippen LogP contribution in [0.3, 0.4) is 0 Å². The van der Waals surface area contributed by atoms with E-state index in [1.807, 2.05) is 0 Å². The molecule has 25 heavy (non-hydrogen) atoms. The first-order valence-electron chi connectivity index (χ1n) is 7.95. The topological polar surface area (TPSA) is 77.1 Å². The molecule has 134 valence electrons. The Labute approximate surface area is 148 Å². The first-order chi connectivity index (χ1) is 11.9. The Morgan fingerprint density at radius 3 is 2.76 bits per heavy atom. The van der Waals surface area contributed by atoms with Crippen LogP contribution in [0.1, 0.15) is 12.8 Å². The highest BCUT2D eigenvalue weighted by molar-refractivity contribution is 6.32. The fourth-order valence-corrected chi connectivity index (χ4v) is 3.37. The SMILES string of the molecule is O=C1NC2(CO1)CN(C(=O)OC1CC(Oc3ccc(F)cc3Cl)C1)C2. The molecule has 0 bridgehead atoms. The highest BCUT2D eigenvalue weighted by atomic mass is 35.5. The number of carbonyl (C=O) groups is 2. The van der Waals surface area contributed by atoms with Gasteiger partial charge in [-0.25, -0.2) is 14.0 Å². The van der Waals surface area contributed by atoms with E-state index in [9.17, 15) is 14.0 Å². The normalized spacial score (nSPS) is 26.3. The van der Waals surface area contributed by atoms with Crippen molar-refractivity contribution in [1.29, 1.82) is 0 Å². The van der Waals surface area contributed by atoms with E-state index in [1.165, 1.54) is 23.1 Å². The number of benzene rings is 1. The molecule has 0 aromatic heterocycles. The summed E-state index contributed by atoms with van der Waals surface area (Å²) in [6, 6.07) is 3.95. The van der Waals surface area contributed by atoms with Crippen molar-refractivity contribution in [1.82, 2.24) is 10.2 Å². The molecule has 7 nitrogen and oxygen atoms in total. The maximum Gasteiger partial charge on any atom is 0.410 e. The minimum absolute atomic E-state index is 0.119. The van der Waals surface area contributed by atoms with Gasteiger partial charge >= 0.3 is 12.2 Å². The van der Waals surface area contributed by atoms with Crippen molar-refractivity contribution in [2.75, 3.05) is 19.7 Å². The molecule has 3 fully saturated rings. The summed E-state index contributed by atoms with van der Waals surface area (Å²) < 4.78 is 28.9. The summed E-state index contributed by atoms with van der Waals surface area (Å²) in [5, 5.41) is 2.92. The second kappa shape index (κ2) is 5.94. The van der Waals surface area contributed by atoms with Crippen LogP contribution >= 0.6 is 11.6 Å². The van der Waals surface area contributed by atoms with Gasteiger partial charge in [0.2, 0.25) is 0 Å². The van der Waals surface area contributed by atoms with Gasteiger partial charge in [0.15, 0.2) is 0 Å². The van der Waals surface area contributed by atoms with Crippen LogP contribution in [0.15, 0.2) is 18.2 Å². The van der Waals surface area contributed by atoms with Crippen LogP contribution in [0.2, 0.25) is 5.02 Å². The third kappa shape index (κ3) is 3.18. The summed E-state index contributed by atoms with van der Waals surface area (Å²) in [4.78, 5) is 24.7. The lowest BCUT2D eigenvalue weighted by Gasteiger charge is -2.46. The van der Waals surface area contributed by atoms with Crippen LogP contribution < -0.4 is 10.1 Å². The smallest absolute Gasteiger partial charge is 0.410 e. The molecule has 1 saturated carbocycles. The molecule has 0 radical (unpaired) electrons. The van der Waals surface area contributed by atoms with Crippen molar-refractivity contribution in [3.8, 4) is 5.75 Å². The van der Waals surface area contributed by atoms with Crippen LogP contribution in [0.5, 0.6) is 5.75 Å². The molecule has 4 rings (SSSR count). The molecular weight excluding hydrogens is 355 g/mol. The molecule has 1 aromatic rings. The Kier molecular flexibility index (Phi) is 3.87. The van der Waals surface area contributed by atoms with E-state index >= 15 is 0 Å². The van der Waals surface area contributed by atoms with E-state index in [2.05, 4.69) is 5.32 Å². The van der Waals surface area contributed by atoms with Gasteiger partial charge in [0.05, 0.1) is 18.1 Å². The number of nitrogens with one attached hydrogen (secondary N) is 1. The molecule has 9 heteroatoms. The lowest BCUT2D eigenvalue weighted by atomic mass is 9.91. The minimum atomic E-state index is -0.458. The van der Waals surface area contributed by atoms with E-state index in [0.29, 0.717) is 31.7 Å². The number of hydrogen-bond donors (Lipinski definition) is 1. The summed E-state index contributed by atoms with van der Waals surface area (Å²) in [5.74, 6) is -0.00607. The van der Waals surface area contributed by atoms with Crippen LogP contribution in [0.25, 0.3) is 0 Å². The Bertz CT molecular complexity index is 718.